The van der Waals surface area contributed by atoms with E-state index in [9.17, 15) is 5.11 Å². The highest BCUT2D eigenvalue weighted by molar-refractivity contribution is 7.12. The predicted molar refractivity (Wildman–Crippen MR) is 61.6 cm³/mol. The van der Waals surface area contributed by atoms with E-state index in [2.05, 4.69) is 11.4 Å². The summed E-state index contributed by atoms with van der Waals surface area (Å²) in [5, 5.41) is 21.4. The fraction of sp³-hybridized carbons (Fsp3) is 0.545. The van der Waals surface area contributed by atoms with E-state index in [1.54, 1.807) is 0 Å². The van der Waals surface area contributed by atoms with Gasteiger partial charge in [-0.3, -0.25) is 0 Å². The largest absolute Gasteiger partial charge is 0.392 e. The Kier molecular flexibility index (Phi) is 4.76. The lowest BCUT2D eigenvalue weighted by Crippen LogP contribution is -2.29. The molecule has 0 aliphatic heterocycles. The number of hydrogen-bond acceptors (Lipinski definition) is 4. The average Bonchev–Trinajstić information content (AvgIpc) is 2.65. The van der Waals surface area contributed by atoms with E-state index < -0.39 is 0 Å². The van der Waals surface area contributed by atoms with E-state index >= 15 is 0 Å². The van der Waals surface area contributed by atoms with Gasteiger partial charge >= 0.3 is 0 Å². The van der Waals surface area contributed by atoms with Crippen LogP contribution in [0.2, 0.25) is 0 Å². The normalized spacial score (nSPS) is 12.7. The third-order valence-corrected chi connectivity index (χ3v) is 3.18. The van der Waals surface area contributed by atoms with Gasteiger partial charge in [0.2, 0.25) is 0 Å². The molecule has 0 saturated heterocycles. The van der Waals surface area contributed by atoms with Crippen LogP contribution in [-0.2, 0) is 6.54 Å². The lowest BCUT2D eigenvalue weighted by molar-refractivity contribution is 0.123. The molecule has 0 aromatic carbocycles. The Balaban J connectivity index is 2.29. The van der Waals surface area contributed by atoms with Gasteiger partial charge in [-0.05, 0) is 18.1 Å². The molecule has 3 nitrogen and oxygen atoms in total. The number of nitriles is 1. The molecule has 1 atom stereocenters. The van der Waals surface area contributed by atoms with Crippen LogP contribution in [0, 0.1) is 17.2 Å². The van der Waals surface area contributed by atoms with Gasteiger partial charge in [0.05, 0.1) is 6.10 Å². The minimum absolute atomic E-state index is 0.274. The zero-order valence-corrected chi connectivity index (χ0v) is 9.84. The smallest absolute Gasteiger partial charge is 0.110 e. The molecule has 0 saturated carbocycles. The Morgan fingerprint density at radius 2 is 2.27 bits per heavy atom. The van der Waals surface area contributed by atoms with Crippen LogP contribution in [0.4, 0.5) is 0 Å². The molecule has 1 aromatic heterocycles. The van der Waals surface area contributed by atoms with E-state index in [0.29, 0.717) is 6.54 Å². The molecule has 1 rings (SSSR count). The molecule has 0 aliphatic carbocycles. The van der Waals surface area contributed by atoms with Crippen molar-refractivity contribution in [2.24, 2.45) is 5.92 Å². The van der Waals surface area contributed by atoms with Crippen LogP contribution in [0.5, 0.6) is 0 Å². The summed E-state index contributed by atoms with van der Waals surface area (Å²) in [4.78, 5) is 1.86. The second kappa shape index (κ2) is 5.86. The number of rotatable bonds is 5. The fourth-order valence-corrected chi connectivity index (χ4v) is 1.89. The van der Waals surface area contributed by atoms with Gasteiger partial charge in [-0.1, -0.05) is 13.8 Å². The van der Waals surface area contributed by atoms with Gasteiger partial charge in [0.25, 0.3) is 0 Å². The second-order valence-electron chi connectivity index (χ2n) is 3.82. The van der Waals surface area contributed by atoms with Crippen LogP contribution >= 0.6 is 11.3 Å². The number of nitrogens with zero attached hydrogens (tertiary/aromatic N) is 1. The van der Waals surface area contributed by atoms with Crippen LogP contribution in [-0.4, -0.2) is 17.8 Å². The summed E-state index contributed by atoms with van der Waals surface area (Å²) in [5.74, 6) is 0.274. The number of nitrogens with one attached hydrogen (secondary N) is 1. The summed E-state index contributed by atoms with van der Waals surface area (Å²) in [5.41, 5.74) is 0. The molecule has 1 unspecified atom stereocenters. The third-order valence-electron chi connectivity index (χ3n) is 2.19. The van der Waals surface area contributed by atoms with Crippen molar-refractivity contribution in [3.8, 4) is 6.07 Å². The van der Waals surface area contributed by atoms with Crippen molar-refractivity contribution in [3.63, 3.8) is 0 Å². The molecule has 1 aromatic rings. The zero-order valence-electron chi connectivity index (χ0n) is 9.03. The van der Waals surface area contributed by atoms with Crippen molar-refractivity contribution >= 4 is 11.3 Å². The summed E-state index contributed by atoms with van der Waals surface area (Å²) in [6.07, 6.45) is -0.305. The van der Waals surface area contributed by atoms with Crippen molar-refractivity contribution in [1.29, 1.82) is 5.26 Å². The summed E-state index contributed by atoms with van der Waals surface area (Å²) in [6.45, 7) is 5.30. The van der Waals surface area contributed by atoms with Crippen LogP contribution in [0.15, 0.2) is 12.1 Å². The van der Waals surface area contributed by atoms with E-state index in [1.165, 1.54) is 11.3 Å². The molecule has 0 amide bonds. The summed E-state index contributed by atoms with van der Waals surface area (Å²) in [7, 11) is 0. The van der Waals surface area contributed by atoms with Crippen LogP contribution in [0.25, 0.3) is 0 Å². The molecule has 0 bridgehead atoms. The summed E-state index contributed by atoms with van der Waals surface area (Å²) >= 11 is 1.49. The molecule has 0 aliphatic rings. The van der Waals surface area contributed by atoms with Crippen molar-refractivity contribution < 1.29 is 5.11 Å². The average molecular weight is 224 g/mol. The van der Waals surface area contributed by atoms with Gasteiger partial charge in [-0.15, -0.1) is 11.3 Å². The number of aliphatic hydroxyl groups excluding tert-OH is 1. The second-order valence-corrected chi connectivity index (χ2v) is 4.99. The molecular weight excluding hydrogens is 208 g/mol. The highest BCUT2D eigenvalue weighted by Crippen LogP contribution is 2.14. The Labute approximate surface area is 94.4 Å². The van der Waals surface area contributed by atoms with Gasteiger partial charge in [-0.25, -0.2) is 0 Å². The van der Waals surface area contributed by atoms with Crippen LogP contribution < -0.4 is 5.32 Å². The molecule has 82 valence electrons. The van der Waals surface area contributed by atoms with Crippen molar-refractivity contribution in [2.45, 2.75) is 26.5 Å². The van der Waals surface area contributed by atoms with Crippen molar-refractivity contribution in [3.05, 3.63) is 21.9 Å². The monoisotopic (exact) mass is 224 g/mol. The van der Waals surface area contributed by atoms with E-state index in [1.807, 2.05) is 26.0 Å². The molecule has 4 heteroatoms. The van der Waals surface area contributed by atoms with Crippen LogP contribution in [0.3, 0.4) is 0 Å². The maximum atomic E-state index is 9.54. The molecule has 1 heterocycles. The zero-order chi connectivity index (χ0) is 11.3. The summed E-state index contributed by atoms with van der Waals surface area (Å²) < 4.78 is 0. The summed E-state index contributed by atoms with van der Waals surface area (Å²) in [6, 6.07) is 5.87. The predicted octanol–water partition coefficient (Wildman–Crippen LogP) is 1.73. The Morgan fingerprint density at radius 3 is 2.80 bits per heavy atom. The molecular formula is C11H16N2OS. The minimum Gasteiger partial charge on any atom is -0.392 e. The minimum atomic E-state index is -0.305. The highest BCUT2D eigenvalue weighted by atomic mass is 32.1. The van der Waals surface area contributed by atoms with Gasteiger partial charge in [0, 0.05) is 18.0 Å². The van der Waals surface area contributed by atoms with Gasteiger partial charge in [-0.2, -0.15) is 5.26 Å². The Bertz CT molecular complexity index is 341. The maximum absolute atomic E-state index is 9.54. The molecule has 0 spiro atoms. The first-order valence-electron chi connectivity index (χ1n) is 5.01. The van der Waals surface area contributed by atoms with E-state index in [4.69, 9.17) is 5.26 Å². The quantitative estimate of drug-likeness (QED) is 0.800. The Morgan fingerprint density at radius 1 is 1.53 bits per heavy atom. The number of hydrogen-bond donors (Lipinski definition) is 2. The highest BCUT2D eigenvalue weighted by Gasteiger charge is 2.08. The van der Waals surface area contributed by atoms with Crippen molar-refractivity contribution in [1.82, 2.24) is 5.32 Å². The lowest BCUT2D eigenvalue weighted by Gasteiger charge is -2.14. The van der Waals surface area contributed by atoms with Crippen molar-refractivity contribution in [2.75, 3.05) is 6.54 Å². The maximum Gasteiger partial charge on any atom is 0.110 e. The first kappa shape index (κ1) is 12.2. The SMILES string of the molecule is CC(C)C(O)CNCc1ccc(C#N)s1. The molecule has 0 radical (unpaired) electrons. The number of thiophene rings is 1. The number of aliphatic hydroxyl groups is 1. The topological polar surface area (TPSA) is 56.0 Å². The first-order chi connectivity index (χ1) is 7.13. The first-order valence-corrected chi connectivity index (χ1v) is 5.82. The lowest BCUT2D eigenvalue weighted by atomic mass is 10.1. The van der Waals surface area contributed by atoms with Gasteiger partial charge in [0.1, 0.15) is 10.9 Å². The standard InChI is InChI=1S/C11H16N2OS/c1-8(2)11(14)7-13-6-10-4-3-9(5-12)15-10/h3-4,8,11,13-14H,6-7H2,1-2H3. The fourth-order valence-electron chi connectivity index (χ4n) is 1.11. The van der Waals surface area contributed by atoms with E-state index in [-0.39, 0.29) is 12.0 Å². The van der Waals surface area contributed by atoms with Crippen LogP contribution in [0.1, 0.15) is 23.6 Å². The van der Waals surface area contributed by atoms with Gasteiger partial charge in [0.15, 0.2) is 0 Å². The molecule has 0 fully saturated rings. The van der Waals surface area contributed by atoms with E-state index in [0.717, 1.165) is 16.3 Å². The van der Waals surface area contributed by atoms with Gasteiger partial charge < -0.3 is 10.4 Å². The molecule has 15 heavy (non-hydrogen) atoms. The Hall–Kier alpha value is -0.890. The third kappa shape index (κ3) is 4.00. The molecule has 2 N–H and O–H groups in total.